The van der Waals surface area contributed by atoms with Gasteiger partial charge in [-0.05, 0) is 39.0 Å². The topological polar surface area (TPSA) is 36.9 Å². The number of hydrogen-bond donors (Lipinski definition) is 1. The number of ether oxygens (including phenoxy) is 1. The maximum absolute atomic E-state index is 5.74. The molecule has 0 aromatic carbocycles. The van der Waals surface area contributed by atoms with Gasteiger partial charge in [-0.3, -0.25) is 4.99 Å². The number of aliphatic imine (C=N–C) groups is 1. The van der Waals surface area contributed by atoms with Crippen LogP contribution in [0, 0.1) is 5.92 Å². The van der Waals surface area contributed by atoms with Gasteiger partial charge in [-0.2, -0.15) is 0 Å². The van der Waals surface area contributed by atoms with Crippen LogP contribution >= 0.6 is 0 Å². The summed E-state index contributed by atoms with van der Waals surface area (Å²) in [6.45, 7) is 8.36. The van der Waals surface area contributed by atoms with Crippen LogP contribution in [0.4, 0.5) is 0 Å². The van der Waals surface area contributed by atoms with Crippen molar-refractivity contribution in [2.75, 3.05) is 33.3 Å². The molecule has 98 valence electrons. The van der Waals surface area contributed by atoms with E-state index in [0.29, 0.717) is 5.92 Å². The molecule has 1 fully saturated rings. The van der Waals surface area contributed by atoms with Gasteiger partial charge in [0.05, 0.1) is 5.60 Å². The van der Waals surface area contributed by atoms with E-state index >= 15 is 0 Å². The van der Waals surface area contributed by atoms with E-state index in [4.69, 9.17) is 4.74 Å². The molecule has 0 spiro atoms. The van der Waals surface area contributed by atoms with E-state index in [-0.39, 0.29) is 5.60 Å². The van der Waals surface area contributed by atoms with Crippen molar-refractivity contribution < 1.29 is 4.74 Å². The Hall–Kier alpha value is -0.770. The van der Waals surface area contributed by atoms with E-state index in [1.165, 1.54) is 6.42 Å². The van der Waals surface area contributed by atoms with Gasteiger partial charge in [0.1, 0.15) is 0 Å². The monoisotopic (exact) mass is 239 g/mol. The summed E-state index contributed by atoms with van der Waals surface area (Å²) in [5.41, 5.74) is 0.0465. The van der Waals surface area contributed by atoms with Crippen LogP contribution in [0.1, 0.15) is 33.1 Å². The molecule has 2 rings (SSSR count). The molecule has 2 aliphatic heterocycles. The largest absolute Gasteiger partial charge is 0.376 e. The minimum Gasteiger partial charge on any atom is -0.376 e. The zero-order valence-corrected chi connectivity index (χ0v) is 11.3. The first-order valence-electron chi connectivity index (χ1n) is 6.70. The molecule has 0 bridgehead atoms. The van der Waals surface area contributed by atoms with Gasteiger partial charge in [0.25, 0.3) is 0 Å². The second-order valence-electron chi connectivity index (χ2n) is 5.83. The second-order valence-corrected chi connectivity index (χ2v) is 5.83. The highest BCUT2D eigenvalue weighted by Gasteiger charge is 2.28. The predicted molar refractivity (Wildman–Crippen MR) is 70.3 cm³/mol. The summed E-state index contributed by atoms with van der Waals surface area (Å²) >= 11 is 0. The summed E-state index contributed by atoms with van der Waals surface area (Å²) in [6, 6.07) is 0. The molecule has 0 amide bonds. The summed E-state index contributed by atoms with van der Waals surface area (Å²) in [6.07, 6.45) is 3.47. The Kier molecular flexibility index (Phi) is 3.92. The Morgan fingerprint density at radius 1 is 1.53 bits per heavy atom. The molecule has 0 radical (unpaired) electrons. The van der Waals surface area contributed by atoms with Crippen molar-refractivity contribution in [2.24, 2.45) is 10.9 Å². The molecule has 1 unspecified atom stereocenters. The Labute approximate surface area is 104 Å². The lowest BCUT2D eigenvalue weighted by molar-refractivity contribution is -0.0713. The number of guanidine groups is 1. The summed E-state index contributed by atoms with van der Waals surface area (Å²) < 4.78 is 5.74. The predicted octanol–water partition coefficient (Wildman–Crippen LogP) is 1.47. The van der Waals surface area contributed by atoms with Crippen molar-refractivity contribution in [1.29, 1.82) is 0 Å². The highest BCUT2D eigenvalue weighted by atomic mass is 16.5. The van der Waals surface area contributed by atoms with Crippen LogP contribution in [-0.4, -0.2) is 49.7 Å². The normalized spacial score (nSPS) is 28.8. The van der Waals surface area contributed by atoms with Gasteiger partial charge in [-0.25, -0.2) is 0 Å². The third-order valence-electron chi connectivity index (χ3n) is 3.62. The van der Waals surface area contributed by atoms with Gasteiger partial charge in [-0.15, -0.1) is 0 Å². The van der Waals surface area contributed by atoms with Crippen LogP contribution in [-0.2, 0) is 4.74 Å². The quantitative estimate of drug-likeness (QED) is 0.793. The van der Waals surface area contributed by atoms with Gasteiger partial charge in [0.15, 0.2) is 5.96 Å². The molecular formula is C13H25N3O. The third kappa shape index (κ3) is 3.60. The first-order valence-corrected chi connectivity index (χ1v) is 6.70. The van der Waals surface area contributed by atoms with Gasteiger partial charge in [-0.1, -0.05) is 0 Å². The third-order valence-corrected chi connectivity index (χ3v) is 3.62. The van der Waals surface area contributed by atoms with Crippen molar-refractivity contribution in [3.05, 3.63) is 0 Å². The van der Waals surface area contributed by atoms with Gasteiger partial charge < -0.3 is 15.0 Å². The van der Waals surface area contributed by atoms with E-state index in [2.05, 4.69) is 36.1 Å². The summed E-state index contributed by atoms with van der Waals surface area (Å²) in [7, 11) is 2.11. The Bertz CT molecular complexity index is 288. The number of rotatable bonds is 2. The van der Waals surface area contributed by atoms with Crippen LogP contribution in [0.5, 0.6) is 0 Å². The summed E-state index contributed by atoms with van der Waals surface area (Å²) in [4.78, 5) is 6.75. The lowest BCUT2D eigenvalue weighted by atomic mass is 9.88. The zero-order valence-electron chi connectivity index (χ0n) is 11.3. The molecule has 0 aromatic rings. The van der Waals surface area contributed by atoms with E-state index in [1.807, 2.05) is 0 Å². The van der Waals surface area contributed by atoms with Gasteiger partial charge in [0.2, 0.25) is 0 Å². The van der Waals surface area contributed by atoms with E-state index in [0.717, 1.165) is 45.0 Å². The van der Waals surface area contributed by atoms with E-state index < -0.39 is 0 Å². The fraction of sp³-hybridized carbons (Fsp3) is 0.923. The maximum atomic E-state index is 5.74. The lowest BCUT2D eigenvalue weighted by Crippen LogP contribution is -2.45. The van der Waals surface area contributed by atoms with Crippen LogP contribution in [0.25, 0.3) is 0 Å². The molecule has 4 nitrogen and oxygen atoms in total. The van der Waals surface area contributed by atoms with Crippen molar-refractivity contribution in [3.8, 4) is 0 Å². The average molecular weight is 239 g/mol. The first-order chi connectivity index (χ1) is 8.07. The van der Waals surface area contributed by atoms with E-state index in [1.54, 1.807) is 0 Å². The molecule has 0 saturated carbocycles. The van der Waals surface area contributed by atoms with Crippen molar-refractivity contribution >= 4 is 5.96 Å². The summed E-state index contributed by atoms with van der Waals surface area (Å²) in [5, 5.41) is 3.50. The zero-order chi connectivity index (χ0) is 12.3. The van der Waals surface area contributed by atoms with Gasteiger partial charge in [0, 0.05) is 33.3 Å². The average Bonchev–Trinajstić information content (AvgIpc) is 2.27. The van der Waals surface area contributed by atoms with Crippen molar-refractivity contribution in [2.45, 2.75) is 38.7 Å². The molecular weight excluding hydrogens is 214 g/mol. The highest BCUT2D eigenvalue weighted by Crippen LogP contribution is 2.27. The number of hydrogen-bond acceptors (Lipinski definition) is 4. The SMILES string of the molecule is CN1CCCN=C1NCC1CCOC(C)(C)C1. The second kappa shape index (κ2) is 5.25. The number of nitrogens with one attached hydrogen (secondary N) is 1. The fourth-order valence-electron chi connectivity index (χ4n) is 2.68. The Morgan fingerprint density at radius 2 is 2.35 bits per heavy atom. The molecule has 1 atom stereocenters. The molecule has 2 aliphatic rings. The summed E-state index contributed by atoms with van der Waals surface area (Å²) in [5.74, 6) is 1.78. The Morgan fingerprint density at radius 3 is 3.06 bits per heavy atom. The van der Waals surface area contributed by atoms with Crippen LogP contribution in [0.2, 0.25) is 0 Å². The molecule has 0 aromatic heterocycles. The Balaban J connectivity index is 1.79. The fourth-order valence-corrected chi connectivity index (χ4v) is 2.68. The standard InChI is InChI=1S/C13H25N3O/c1-13(2)9-11(5-8-17-13)10-15-12-14-6-4-7-16(12)3/h11H,4-10H2,1-3H3,(H,14,15). The molecule has 17 heavy (non-hydrogen) atoms. The maximum Gasteiger partial charge on any atom is 0.193 e. The molecule has 1 N–H and O–H groups in total. The van der Waals surface area contributed by atoms with Crippen LogP contribution < -0.4 is 5.32 Å². The smallest absolute Gasteiger partial charge is 0.193 e. The minimum absolute atomic E-state index is 0.0465. The molecule has 1 saturated heterocycles. The molecule has 2 heterocycles. The van der Waals surface area contributed by atoms with E-state index in [9.17, 15) is 0 Å². The highest BCUT2D eigenvalue weighted by molar-refractivity contribution is 5.80. The minimum atomic E-state index is 0.0465. The van der Waals surface area contributed by atoms with Crippen LogP contribution in [0.15, 0.2) is 4.99 Å². The lowest BCUT2D eigenvalue weighted by Gasteiger charge is -2.36. The van der Waals surface area contributed by atoms with Crippen LogP contribution in [0.3, 0.4) is 0 Å². The van der Waals surface area contributed by atoms with Gasteiger partial charge >= 0.3 is 0 Å². The number of nitrogens with zero attached hydrogens (tertiary/aromatic N) is 2. The molecule has 0 aliphatic carbocycles. The first kappa shape index (κ1) is 12.7. The molecule has 4 heteroatoms. The van der Waals surface area contributed by atoms with Crippen molar-refractivity contribution in [3.63, 3.8) is 0 Å². The van der Waals surface area contributed by atoms with Crippen molar-refractivity contribution in [1.82, 2.24) is 10.2 Å².